The molecule has 2 N–H and O–H groups in total. The monoisotopic (exact) mass is 167 g/mol. The van der Waals surface area contributed by atoms with Crippen molar-refractivity contribution >= 4 is 17.5 Å². The van der Waals surface area contributed by atoms with Crippen LogP contribution >= 0.6 is 11.6 Å². The maximum absolute atomic E-state index is 9.46. The summed E-state index contributed by atoms with van der Waals surface area (Å²) in [5.74, 6) is -0.563. The first kappa shape index (κ1) is 12.4. The largest absolute Gasteiger partial charge is 0.382 e. The summed E-state index contributed by atoms with van der Waals surface area (Å²) in [4.78, 5) is 9.46. The fourth-order valence-electron chi connectivity index (χ4n) is 0.204. The second-order valence-electron chi connectivity index (χ2n) is 1.38. The lowest BCUT2D eigenvalue weighted by Crippen LogP contribution is -2.10. The highest BCUT2D eigenvalue weighted by atomic mass is 35.5. The van der Waals surface area contributed by atoms with E-state index in [0.29, 0.717) is 0 Å². The molecule has 0 aromatic rings. The van der Waals surface area contributed by atoms with Gasteiger partial charge in [-0.15, -0.1) is 11.6 Å². The highest BCUT2D eigenvalue weighted by molar-refractivity contribution is 6.27. The van der Waals surface area contributed by atoms with Gasteiger partial charge >= 0.3 is 0 Å². The fourth-order valence-corrected chi connectivity index (χ4v) is 0.204. The Morgan fingerprint density at radius 3 is 1.80 bits per heavy atom. The number of alkyl halides is 1. The van der Waals surface area contributed by atoms with Crippen molar-refractivity contribution in [2.24, 2.45) is 5.73 Å². The smallest absolute Gasteiger partial charge is 0.232 e. The molecule has 1 amide bonds. The lowest BCUT2D eigenvalue weighted by molar-refractivity contribution is -0.115. The maximum atomic E-state index is 9.46. The molecule has 0 aliphatic rings. The molecule has 0 atom stereocenters. The lowest BCUT2D eigenvalue weighted by Gasteiger charge is -1.86. The zero-order valence-corrected chi connectivity index (χ0v) is 7.15. The average Bonchev–Trinajstić information content (AvgIpc) is 1.91. The van der Waals surface area contributed by atoms with Crippen molar-refractivity contribution in [2.45, 2.75) is 13.8 Å². The molecule has 0 aromatic heterocycles. The lowest BCUT2D eigenvalue weighted by atomic mass is 10.8. The summed E-state index contributed by atoms with van der Waals surface area (Å²) >= 11 is 4.86. The van der Waals surface area contributed by atoms with E-state index in [-0.39, 0.29) is 5.88 Å². The summed E-state index contributed by atoms with van der Waals surface area (Å²) in [5, 5.41) is 0. The summed E-state index contributed by atoms with van der Waals surface area (Å²) in [6.07, 6.45) is 0. The van der Waals surface area contributed by atoms with Gasteiger partial charge in [-0.25, -0.2) is 0 Å². The van der Waals surface area contributed by atoms with Crippen LogP contribution in [0.5, 0.6) is 0 Å². The summed E-state index contributed by atoms with van der Waals surface area (Å²) in [6.45, 7) is 5.67. The van der Waals surface area contributed by atoms with Gasteiger partial charge in [-0.3, -0.25) is 4.79 Å². The molecule has 62 valence electrons. The normalized spacial score (nSPS) is 7.90. The molecular formula is C6H14ClNO2. The third-order valence-electron chi connectivity index (χ3n) is 0.540. The molecule has 0 fully saturated rings. The molecule has 0 heterocycles. The van der Waals surface area contributed by atoms with Crippen molar-refractivity contribution in [3.63, 3.8) is 0 Å². The number of nitrogens with two attached hydrogens (primary N) is 1. The average molecular weight is 168 g/mol. The molecule has 0 rings (SSSR count). The van der Waals surface area contributed by atoms with E-state index in [4.69, 9.17) is 16.3 Å². The molecule has 0 saturated carbocycles. The number of ether oxygens (including phenoxy) is 1. The van der Waals surface area contributed by atoms with Crippen LogP contribution in [-0.2, 0) is 9.53 Å². The topological polar surface area (TPSA) is 52.3 Å². The predicted octanol–water partition coefficient (Wildman–Crippen LogP) is 0.753. The van der Waals surface area contributed by atoms with Crippen molar-refractivity contribution in [2.75, 3.05) is 19.1 Å². The van der Waals surface area contributed by atoms with E-state index >= 15 is 0 Å². The summed E-state index contributed by atoms with van der Waals surface area (Å²) in [6, 6.07) is 0. The molecule has 3 nitrogen and oxygen atoms in total. The van der Waals surface area contributed by atoms with Crippen LogP contribution in [0.15, 0.2) is 0 Å². The van der Waals surface area contributed by atoms with E-state index < -0.39 is 5.91 Å². The van der Waals surface area contributed by atoms with Crippen LogP contribution in [0.3, 0.4) is 0 Å². The Bertz CT molecular complexity index is 76.1. The molecule has 4 heteroatoms. The highest BCUT2D eigenvalue weighted by Gasteiger charge is 1.79. The van der Waals surface area contributed by atoms with Gasteiger partial charge in [0.15, 0.2) is 0 Å². The quantitative estimate of drug-likeness (QED) is 0.631. The van der Waals surface area contributed by atoms with Gasteiger partial charge in [0.2, 0.25) is 5.91 Å². The van der Waals surface area contributed by atoms with Gasteiger partial charge in [0.25, 0.3) is 0 Å². The molecular weight excluding hydrogens is 154 g/mol. The third-order valence-corrected chi connectivity index (χ3v) is 0.803. The zero-order valence-electron chi connectivity index (χ0n) is 6.39. The van der Waals surface area contributed by atoms with Gasteiger partial charge in [0.05, 0.1) is 0 Å². The van der Waals surface area contributed by atoms with Gasteiger partial charge in [0.1, 0.15) is 5.88 Å². The summed E-state index contributed by atoms with van der Waals surface area (Å²) < 4.78 is 4.83. The van der Waals surface area contributed by atoms with Crippen LogP contribution in [0.25, 0.3) is 0 Å². The molecule has 0 aliphatic heterocycles. The van der Waals surface area contributed by atoms with Crippen molar-refractivity contribution < 1.29 is 9.53 Å². The number of halogens is 1. The Labute approximate surface area is 66.5 Å². The minimum absolute atomic E-state index is 0.0833. The Kier molecular flexibility index (Phi) is 14.3. The zero-order chi connectivity index (χ0) is 8.41. The van der Waals surface area contributed by atoms with E-state index in [1.165, 1.54) is 0 Å². The third kappa shape index (κ3) is 25.2. The molecule has 0 unspecified atom stereocenters. The Hall–Kier alpha value is -0.280. The van der Waals surface area contributed by atoms with Crippen LogP contribution < -0.4 is 5.73 Å². The molecule has 0 bridgehead atoms. The van der Waals surface area contributed by atoms with E-state index in [1.54, 1.807) is 0 Å². The van der Waals surface area contributed by atoms with Gasteiger partial charge in [-0.1, -0.05) is 0 Å². The van der Waals surface area contributed by atoms with E-state index in [9.17, 15) is 4.79 Å². The number of primary amides is 1. The molecule has 0 saturated heterocycles. The molecule has 0 aromatic carbocycles. The van der Waals surface area contributed by atoms with Gasteiger partial charge in [0, 0.05) is 13.2 Å². The van der Waals surface area contributed by atoms with Crippen molar-refractivity contribution in [1.29, 1.82) is 0 Å². The molecule has 0 aliphatic carbocycles. The van der Waals surface area contributed by atoms with Crippen LogP contribution in [0.2, 0.25) is 0 Å². The number of carbonyl (C=O) groups is 1. The minimum atomic E-state index is -0.480. The first-order valence-electron chi connectivity index (χ1n) is 3.11. The van der Waals surface area contributed by atoms with Crippen molar-refractivity contribution in [3.05, 3.63) is 0 Å². The first-order valence-corrected chi connectivity index (χ1v) is 3.64. The Morgan fingerprint density at radius 2 is 1.80 bits per heavy atom. The van der Waals surface area contributed by atoms with Gasteiger partial charge in [-0.05, 0) is 13.8 Å². The number of hydrogen-bond acceptors (Lipinski definition) is 2. The summed E-state index contributed by atoms with van der Waals surface area (Å²) in [7, 11) is 0. The van der Waals surface area contributed by atoms with Crippen molar-refractivity contribution in [3.8, 4) is 0 Å². The fraction of sp³-hybridized carbons (Fsp3) is 0.833. The number of hydrogen-bond donors (Lipinski definition) is 1. The number of amides is 1. The summed E-state index contributed by atoms with van der Waals surface area (Å²) in [5.41, 5.74) is 4.52. The Balaban J connectivity index is 0. The SMILES string of the molecule is CCOCC.NC(=O)CCl. The van der Waals surface area contributed by atoms with Gasteiger partial charge in [-0.2, -0.15) is 0 Å². The van der Waals surface area contributed by atoms with Crippen LogP contribution in [0.4, 0.5) is 0 Å². The first-order chi connectivity index (χ1) is 4.68. The van der Waals surface area contributed by atoms with Crippen LogP contribution in [0, 0.1) is 0 Å². The minimum Gasteiger partial charge on any atom is -0.382 e. The van der Waals surface area contributed by atoms with E-state index in [1.807, 2.05) is 13.8 Å². The van der Waals surface area contributed by atoms with Crippen molar-refractivity contribution in [1.82, 2.24) is 0 Å². The molecule has 0 radical (unpaired) electrons. The molecule has 0 spiro atoms. The second kappa shape index (κ2) is 11.5. The second-order valence-corrected chi connectivity index (χ2v) is 1.65. The Morgan fingerprint density at radius 1 is 1.50 bits per heavy atom. The predicted molar refractivity (Wildman–Crippen MR) is 42.1 cm³/mol. The van der Waals surface area contributed by atoms with Gasteiger partial charge < -0.3 is 10.5 Å². The van der Waals surface area contributed by atoms with E-state index in [0.717, 1.165) is 13.2 Å². The standard InChI is InChI=1S/C4H10O.C2H4ClNO/c1-3-5-4-2;3-1-2(4)5/h3-4H2,1-2H3;1H2,(H2,4,5). The van der Waals surface area contributed by atoms with Crippen LogP contribution in [0.1, 0.15) is 13.8 Å². The number of rotatable bonds is 3. The number of carbonyl (C=O) groups excluding carboxylic acids is 1. The van der Waals surface area contributed by atoms with Crippen LogP contribution in [-0.4, -0.2) is 25.0 Å². The highest BCUT2D eigenvalue weighted by Crippen LogP contribution is 1.65. The molecule has 10 heavy (non-hydrogen) atoms. The van der Waals surface area contributed by atoms with E-state index in [2.05, 4.69) is 5.73 Å². The maximum Gasteiger partial charge on any atom is 0.232 e.